The number of nitrogens with two attached hydrogens (primary N) is 1. The molecule has 0 bridgehead atoms. The minimum atomic E-state index is -4.72. The van der Waals surface area contributed by atoms with Crippen molar-refractivity contribution in [3.8, 4) is 0 Å². The Morgan fingerprint density at radius 2 is 0.862 bits per heavy atom. The zero-order valence-electron chi connectivity index (χ0n) is 36.9. The highest BCUT2D eigenvalue weighted by molar-refractivity contribution is 7.47. The van der Waals surface area contributed by atoms with Crippen LogP contribution in [0.25, 0.3) is 0 Å². The lowest BCUT2D eigenvalue weighted by Gasteiger charge is -2.20. The molecular formula is C46H86NO10P. The van der Waals surface area contributed by atoms with Crippen molar-refractivity contribution in [1.29, 1.82) is 0 Å². The molecule has 0 saturated heterocycles. The molecule has 0 aliphatic carbocycles. The van der Waals surface area contributed by atoms with E-state index >= 15 is 0 Å². The number of hydrogen-bond acceptors (Lipinski definition) is 9. The van der Waals surface area contributed by atoms with E-state index in [1.54, 1.807) is 0 Å². The number of hydrogen-bond donors (Lipinski definition) is 3. The second-order valence-electron chi connectivity index (χ2n) is 15.9. The van der Waals surface area contributed by atoms with E-state index in [1.807, 2.05) is 0 Å². The first kappa shape index (κ1) is 56.0. The summed E-state index contributed by atoms with van der Waals surface area (Å²) in [5, 5.41) is 8.90. The number of carboxylic acid groups (broad SMARTS) is 1. The zero-order chi connectivity index (χ0) is 42.8. The van der Waals surface area contributed by atoms with E-state index < -0.39 is 51.1 Å². The van der Waals surface area contributed by atoms with Gasteiger partial charge in [-0.3, -0.25) is 23.4 Å². The van der Waals surface area contributed by atoms with Crippen LogP contribution in [0.3, 0.4) is 0 Å². The number of carbonyl (C=O) groups is 3. The van der Waals surface area contributed by atoms with Gasteiger partial charge in [-0.2, -0.15) is 0 Å². The fourth-order valence-corrected chi connectivity index (χ4v) is 7.24. The monoisotopic (exact) mass is 844 g/mol. The van der Waals surface area contributed by atoms with Gasteiger partial charge in [0.25, 0.3) is 0 Å². The summed E-state index contributed by atoms with van der Waals surface area (Å²) in [4.78, 5) is 46.0. The molecule has 0 radical (unpaired) electrons. The molecule has 1 unspecified atom stereocenters. The van der Waals surface area contributed by atoms with Crippen LogP contribution in [-0.4, -0.2) is 59.9 Å². The number of ether oxygens (including phenoxy) is 2. The Kier molecular flexibility index (Phi) is 40.2. The van der Waals surface area contributed by atoms with Crippen LogP contribution in [0.15, 0.2) is 24.3 Å². The molecule has 340 valence electrons. The first-order chi connectivity index (χ1) is 28.1. The molecule has 0 aliphatic heterocycles. The topological polar surface area (TPSA) is 172 Å². The maximum Gasteiger partial charge on any atom is 0.472 e. The largest absolute Gasteiger partial charge is 0.480 e. The molecule has 0 aromatic carbocycles. The summed E-state index contributed by atoms with van der Waals surface area (Å²) in [5.74, 6) is -2.39. The molecule has 3 atom stereocenters. The molecule has 0 saturated carbocycles. The Balaban J connectivity index is 4.30. The Bertz CT molecular complexity index is 1080. The number of unbranched alkanes of at least 4 members (excludes halogenated alkanes) is 26. The highest BCUT2D eigenvalue weighted by atomic mass is 31.2. The number of esters is 2. The van der Waals surface area contributed by atoms with Gasteiger partial charge >= 0.3 is 25.7 Å². The van der Waals surface area contributed by atoms with Crippen LogP contribution in [0.2, 0.25) is 0 Å². The van der Waals surface area contributed by atoms with Crippen LogP contribution in [-0.2, 0) is 37.5 Å². The highest BCUT2D eigenvalue weighted by Crippen LogP contribution is 2.43. The lowest BCUT2D eigenvalue weighted by Crippen LogP contribution is -2.34. The number of rotatable bonds is 44. The molecule has 12 heteroatoms. The minimum Gasteiger partial charge on any atom is -0.480 e. The Labute approximate surface area is 353 Å². The summed E-state index contributed by atoms with van der Waals surface area (Å²) in [6, 6.07) is -1.52. The van der Waals surface area contributed by atoms with Gasteiger partial charge in [-0.25, -0.2) is 4.57 Å². The average molecular weight is 844 g/mol. The van der Waals surface area contributed by atoms with Crippen LogP contribution >= 0.6 is 7.82 Å². The van der Waals surface area contributed by atoms with Gasteiger partial charge in [0.15, 0.2) is 6.10 Å². The van der Waals surface area contributed by atoms with Crippen molar-refractivity contribution in [2.75, 3.05) is 19.8 Å². The lowest BCUT2D eigenvalue weighted by atomic mass is 10.1. The normalized spacial score (nSPS) is 13.9. The minimum absolute atomic E-state index is 0.152. The molecule has 0 rings (SSSR count). The summed E-state index contributed by atoms with van der Waals surface area (Å²) < 4.78 is 32.7. The Morgan fingerprint density at radius 1 is 0.517 bits per heavy atom. The third-order valence-corrected chi connectivity index (χ3v) is 11.1. The van der Waals surface area contributed by atoms with E-state index in [1.165, 1.54) is 116 Å². The summed E-state index contributed by atoms with van der Waals surface area (Å²) >= 11 is 0. The van der Waals surface area contributed by atoms with E-state index in [-0.39, 0.29) is 19.4 Å². The van der Waals surface area contributed by atoms with Gasteiger partial charge in [0.05, 0.1) is 13.2 Å². The highest BCUT2D eigenvalue weighted by Gasteiger charge is 2.28. The van der Waals surface area contributed by atoms with Gasteiger partial charge in [0, 0.05) is 12.8 Å². The van der Waals surface area contributed by atoms with Crippen molar-refractivity contribution in [2.45, 2.75) is 231 Å². The van der Waals surface area contributed by atoms with Gasteiger partial charge in [0.1, 0.15) is 12.6 Å². The van der Waals surface area contributed by atoms with Gasteiger partial charge in [-0.15, -0.1) is 0 Å². The van der Waals surface area contributed by atoms with Crippen molar-refractivity contribution >= 4 is 25.7 Å². The van der Waals surface area contributed by atoms with Gasteiger partial charge < -0.3 is 25.2 Å². The van der Waals surface area contributed by atoms with Gasteiger partial charge in [0.2, 0.25) is 0 Å². The van der Waals surface area contributed by atoms with Crippen LogP contribution in [0.4, 0.5) is 0 Å². The van der Waals surface area contributed by atoms with Gasteiger partial charge in [-0.1, -0.05) is 167 Å². The first-order valence-corrected chi connectivity index (χ1v) is 24.9. The van der Waals surface area contributed by atoms with Crippen LogP contribution in [0.5, 0.6) is 0 Å². The number of carboxylic acids is 1. The van der Waals surface area contributed by atoms with Crippen LogP contribution < -0.4 is 5.73 Å². The van der Waals surface area contributed by atoms with Crippen molar-refractivity contribution in [3.63, 3.8) is 0 Å². The molecule has 0 heterocycles. The molecule has 11 nitrogen and oxygen atoms in total. The molecule has 0 aliphatic rings. The summed E-state index contributed by atoms with van der Waals surface area (Å²) in [6.07, 6.45) is 43.8. The summed E-state index contributed by atoms with van der Waals surface area (Å²) in [6.45, 7) is 2.81. The molecule has 4 N–H and O–H groups in total. The maximum absolute atomic E-state index is 12.6. The maximum atomic E-state index is 12.6. The van der Waals surface area contributed by atoms with Crippen molar-refractivity contribution in [3.05, 3.63) is 24.3 Å². The number of allylic oxidation sites excluding steroid dienone is 4. The van der Waals surface area contributed by atoms with Crippen molar-refractivity contribution in [2.24, 2.45) is 5.73 Å². The molecule has 0 spiro atoms. The van der Waals surface area contributed by atoms with Gasteiger partial charge in [-0.05, 0) is 64.2 Å². The predicted molar refractivity (Wildman–Crippen MR) is 236 cm³/mol. The standard InChI is InChI=1S/C46H86NO10P/c1-3-5-7-9-11-13-15-17-19-20-21-22-24-25-27-29-31-33-35-37-44(48)54-39-42(40-55-58(52,53)56-41-43(47)46(50)51)57-45(49)38-36-34-32-30-28-26-23-18-16-14-12-10-8-6-4-2/h18,20-21,23,42-43H,3-17,19,22,24-41,47H2,1-2H3,(H,50,51)(H,52,53)/b21-20-,23-18-/t42-,43+/m1/s1. The third kappa shape index (κ3) is 40.7. The second-order valence-corrected chi connectivity index (χ2v) is 17.3. The SMILES string of the molecule is CCCCCCCC/C=C\CCCCCCCC(=O)O[C@H](COC(=O)CCCCCCCCC/C=C\CCCCCCCCCC)COP(=O)(O)OC[C@H](N)C(=O)O. The number of phosphoric ester groups is 1. The van der Waals surface area contributed by atoms with E-state index in [2.05, 4.69) is 42.7 Å². The molecule has 0 aromatic rings. The van der Waals surface area contributed by atoms with Crippen molar-refractivity contribution in [1.82, 2.24) is 0 Å². The second kappa shape index (κ2) is 41.7. The molecule has 0 fully saturated rings. The van der Waals surface area contributed by atoms with Crippen LogP contribution in [0.1, 0.15) is 219 Å². The zero-order valence-corrected chi connectivity index (χ0v) is 37.8. The van der Waals surface area contributed by atoms with E-state index in [0.29, 0.717) is 12.8 Å². The van der Waals surface area contributed by atoms with E-state index in [9.17, 15) is 23.8 Å². The Hall–Kier alpha value is -2.04. The lowest BCUT2D eigenvalue weighted by molar-refractivity contribution is -0.161. The fraction of sp³-hybridized carbons (Fsp3) is 0.848. The van der Waals surface area contributed by atoms with Crippen LogP contribution in [0, 0.1) is 0 Å². The van der Waals surface area contributed by atoms with E-state index in [0.717, 1.165) is 64.2 Å². The molecule has 0 amide bonds. The molecular weight excluding hydrogens is 757 g/mol. The number of phosphoric acid groups is 1. The number of carbonyl (C=O) groups excluding carboxylic acids is 2. The fourth-order valence-electron chi connectivity index (χ4n) is 6.47. The molecule has 58 heavy (non-hydrogen) atoms. The summed E-state index contributed by atoms with van der Waals surface area (Å²) in [5.41, 5.74) is 5.34. The average Bonchev–Trinajstić information content (AvgIpc) is 3.20. The van der Waals surface area contributed by atoms with Crippen molar-refractivity contribution < 1.29 is 47.5 Å². The third-order valence-electron chi connectivity index (χ3n) is 10.2. The summed E-state index contributed by atoms with van der Waals surface area (Å²) in [7, 11) is -4.72. The molecule has 0 aromatic heterocycles. The quantitative estimate of drug-likeness (QED) is 0.0231. The predicted octanol–water partition coefficient (Wildman–Crippen LogP) is 12.6. The first-order valence-electron chi connectivity index (χ1n) is 23.4. The smallest absolute Gasteiger partial charge is 0.472 e. The van der Waals surface area contributed by atoms with E-state index in [4.69, 9.17) is 24.8 Å². The Morgan fingerprint density at radius 3 is 1.26 bits per heavy atom. The number of aliphatic carboxylic acids is 1.